The fraction of sp³-hybridized carbons (Fsp3) is 0.250. The molecule has 0 aromatic carbocycles. The Labute approximate surface area is 89.0 Å². The van der Waals surface area contributed by atoms with E-state index in [-0.39, 0.29) is 5.95 Å². The average molecular weight is 229 g/mol. The fourth-order valence-electron chi connectivity index (χ4n) is 0.917. The summed E-state index contributed by atoms with van der Waals surface area (Å²) in [7, 11) is 0. The van der Waals surface area contributed by atoms with Crippen LogP contribution in [0.5, 0.6) is 0 Å². The highest BCUT2D eigenvalue weighted by molar-refractivity contribution is 5.82. The third-order valence-corrected chi connectivity index (χ3v) is 1.60. The predicted molar refractivity (Wildman–Crippen MR) is 49.3 cm³/mol. The molecule has 0 saturated carbocycles. The van der Waals surface area contributed by atoms with E-state index in [1.54, 1.807) is 0 Å². The molecule has 1 atom stereocenters. The van der Waals surface area contributed by atoms with Crippen LogP contribution < -0.4 is 5.32 Å². The lowest BCUT2D eigenvalue weighted by atomic mass is 10.2. The Hall–Kier alpha value is -2.25. The number of nitrogens with zero attached hydrogens (tertiary/aromatic N) is 2. The van der Waals surface area contributed by atoms with Crippen molar-refractivity contribution in [2.24, 2.45) is 0 Å². The van der Waals surface area contributed by atoms with Crippen molar-refractivity contribution in [2.75, 3.05) is 5.32 Å². The van der Waals surface area contributed by atoms with Gasteiger partial charge in [-0.05, 0) is 0 Å². The zero-order valence-electron chi connectivity index (χ0n) is 7.92. The fourth-order valence-corrected chi connectivity index (χ4v) is 0.917. The maximum Gasteiger partial charge on any atom is 0.326 e. The first-order valence-electron chi connectivity index (χ1n) is 4.17. The zero-order chi connectivity index (χ0) is 12.1. The monoisotopic (exact) mass is 229 g/mol. The quantitative estimate of drug-likeness (QED) is 0.649. The van der Waals surface area contributed by atoms with Crippen LogP contribution in [0.15, 0.2) is 12.4 Å². The van der Waals surface area contributed by atoms with Gasteiger partial charge in [0.25, 0.3) is 0 Å². The van der Waals surface area contributed by atoms with Crippen molar-refractivity contribution in [2.45, 2.75) is 12.5 Å². The molecule has 86 valence electrons. The second kappa shape index (κ2) is 5.01. The summed E-state index contributed by atoms with van der Waals surface area (Å²) in [6.45, 7) is 0. The summed E-state index contributed by atoms with van der Waals surface area (Å²) in [4.78, 5) is 27.9. The van der Waals surface area contributed by atoms with Crippen LogP contribution >= 0.6 is 0 Å². The van der Waals surface area contributed by atoms with Gasteiger partial charge in [0.15, 0.2) is 5.82 Å². The SMILES string of the molecule is O=C(O)CC(Nc1ncc(F)cn1)C(=O)O. The molecular weight excluding hydrogens is 221 g/mol. The Kier molecular flexibility index (Phi) is 3.70. The highest BCUT2D eigenvalue weighted by atomic mass is 19.1. The van der Waals surface area contributed by atoms with Gasteiger partial charge in [-0.15, -0.1) is 0 Å². The summed E-state index contributed by atoms with van der Waals surface area (Å²) >= 11 is 0. The molecule has 3 N–H and O–H groups in total. The van der Waals surface area contributed by atoms with E-state index < -0.39 is 30.2 Å². The molecule has 1 heterocycles. The van der Waals surface area contributed by atoms with Crippen LogP contribution in [0.2, 0.25) is 0 Å². The summed E-state index contributed by atoms with van der Waals surface area (Å²) in [6, 6.07) is -1.36. The lowest BCUT2D eigenvalue weighted by Gasteiger charge is -2.11. The summed E-state index contributed by atoms with van der Waals surface area (Å²) in [5.74, 6) is -3.44. The number of hydrogen-bond donors (Lipinski definition) is 3. The number of carbonyl (C=O) groups is 2. The largest absolute Gasteiger partial charge is 0.481 e. The van der Waals surface area contributed by atoms with Crippen molar-refractivity contribution in [1.82, 2.24) is 9.97 Å². The molecule has 0 saturated heterocycles. The minimum absolute atomic E-state index is 0.143. The molecule has 0 amide bonds. The molecule has 0 aliphatic rings. The van der Waals surface area contributed by atoms with Crippen LogP contribution in [0.25, 0.3) is 0 Å². The first kappa shape index (κ1) is 11.8. The number of carboxylic acids is 2. The first-order valence-corrected chi connectivity index (χ1v) is 4.17. The molecular formula is C8H8FN3O4. The van der Waals surface area contributed by atoms with Gasteiger partial charge >= 0.3 is 11.9 Å². The molecule has 1 aromatic rings. The summed E-state index contributed by atoms with van der Waals surface area (Å²) in [6.07, 6.45) is 1.06. The summed E-state index contributed by atoms with van der Waals surface area (Å²) in [5, 5.41) is 19.4. The molecule has 0 spiro atoms. The number of hydrogen-bond acceptors (Lipinski definition) is 5. The van der Waals surface area contributed by atoms with Gasteiger partial charge in [0.05, 0.1) is 18.8 Å². The minimum atomic E-state index is -1.36. The number of aromatic nitrogens is 2. The van der Waals surface area contributed by atoms with Crippen molar-refractivity contribution in [3.8, 4) is 0 Å². The molecule has 1 rings (SSSR count). The molecule has 8 heteroatoms. The molecule has 0 aliphatic heterocycles. The van der Waals surface area contributed by atoms with E-state index >= 15 is 0 Å². The first-order chi connectivity index (χ1) is 7.49. The molecule has 0 fully saturated rings. The third kappa shape index (κ3) is 3.48. The van der Waals surface area contributed by atoms with E-state index in [0.717, 1.165) is 12.4 Å². The Morgan fingerprint density at radius 3 is 2.38 bits per heavy atom. The highest BCUT2D eigenvalue weighted by Gasteiger charge is 2.21. The molecule has 0 radical (unpaired) electrons. The predicted octanol–water partition coefficient (Wildman–Crippen LogP) is -0.0445. The lowest BCUT2D eigenvalue weighted by Crippen LogP contribution is -2.32. The number of rotatable bonds is 5. The van der Waals surface area contributed by atoms with E-state index in [2.05, 4.69) is 15.3 Å². The van der Waals surface area contributed by atoms with E-state index in [0.29, 0.717) is 0 Å². The van der Waals surface area contributed by atoms with Crippen LogP contribution in [0, 0.1) is 5.82 Å². The van der Waals surface area contributed by atoms with Crippen molar-refractivity contribution < 1.29 is 24.2 Å². The van der Waals surface area contributed by atoms with E-state index in [9.17, 15) is 14.0 Å². The Bertz CT molecular complexity index is 395. The topological polar surface area (TPSA) is 112 Å². The van der Waals surface area contributed by atoms with Crippen molar-refractivity contribution in [1.29, 1.82) is 0 Å². The van der Waals surface area contributed by atoms with E-state index in [4.69, 9.17) is 10.2 Å². The van der Waals surface area contributed by atoms with Gasteiger partial charge in [-0.25, -0.2) is 19.2 Å². The van der Waals surface area contributed by atoms with Crippen LogP contribution in [0.3, 0.4) is 0 Å². The third-order valence-electron chi connectivity index (χ3n) is 1.60. The Balaban J connectivity index is 2.71. The summed E-state index contributed by atoms with van der Waals surface area (Å²) < 4.78 is 12.4. The molecule has 16 heavy (non-hydrogen) atoms. The maximum absolute atomic E-state index is 12.4. The van der Waals surface area contributed by atoms with Gasteiger partial charge in [-0.1, -0.05) is 0 Å². The normalized spacial score (nSPS) is 11.8. The zero-order valence-corrected chi connectivity index (χ0v) is 7.92. The van der Waals surface area contributed by atoms with Crippen LogP contribution in [0.4, 0.5) is 10.3 Å². The van der Waals surface area contributed by atoms with E-state index in [1.165, 1.54) is 0 Å². The van der Waals surface area contributed by atoms with Gasteiger partial charge in [-0.3, -0.25) is 4.79 Å². The second-order valence-corrected chi connectivity index (χ2v) is 2.86. The Morgan fingerprint density at radius 1 is 1.38 bits per heavy atom. The van der Waals surface area contributed by atoms with Crippen LogP contribution in [-0.4, -0.2) is 38.2 Å². The smallest absolute Gasteiger partial charge is 0.326 e. The van der Waals surface area contributed by atoms with Gasteiger partial charge < -0.3 is 15.5 Å². The van der Waals surface area contributed by atoms with Crippen molar-refractivity contribution in [3.63, 3.8) is 0 Å². The number of carboxylic acid groups (broad SMARTS) is 2. The standard InChI is InChI=1S/C8H8FN3O4/c9-4-2-10-8(11-3-4)12-5(7(15)16)1-6(13)14/h2-3,5H,1H2,(H,13,14)(H,15,16)(H,10,11,12). The van der Waals surface area contributed by atoms with Crippen molar-refractivity contribution >= 4 is 17.9 Å². The lowest BCUT2D eigenvalue weighted by molar-refractivity contribution is -0.144. The number of anilines is 1. The maximum atomic E-state index is 12.4. The highest BCUT2D eigenvalue weighted by Crippen LogP contribution is 2.04. The van der Waals surface area contributed by atoms with Crippen molar-refractivity contribution in [3.05, 3.63) is 18.2 Å². The number of halogens is 1. The minimum Gasteiger partial charge on any atom is -0.481 e. The van der Waals surface area contributed by atoms with Gasteiger partial charge in [0.2, 0.25) is 5.95 Å². The molecule has 7 nitrogen and oxygen atoms in total. The number of aliphatic carboxylic acids is 2. The second-order valence-electron chi connectivity index (χ2n) is 2.86. The molecule has 1 aromatic heterocycles. The number of nitrogens with one attached hydrogen (secondary N) is 1. The molecule has 0 aliphatic carbocycles. The molecule has 1 unspecified atom stereocenters. The van der Waals surface area contributed by atoms with Gasteiger partial charge in [-0.2, -0.15) is 0 Å². The van der Waals surface area contributed by atoms with E-state index in [1.807, 2.05) is 0 Å². The van der Waals surface area contributed by atoms with Gasteiger partial charge in [0.1, 0.15) is 6.04 Å². The summed E-state index contributed by atoms with van der Waals surface area (Å²) in [5.41, 5.74) is 0. The molecule has 0 bridgehead atoms. The average Bonchev–Trinajstić information content (AvgIpc) is 2.19. The van der Waals surface area contributed by atoms with Crippen LogP contribution in [-0.2, 0) is 9.59 Å². The van der Waals surface area contributed by atoms with Crippen LogP contribution in [0.1, 0.15) is 6.42 Å². The van der Waals surface area contributed by atoms with Gasteiger partial charge in [0, 0.05) is 0 Å². The Morgan fingerprint density at radius 2 is 1.94 bits per heavy atom.